The maximum atomic E-state index is 12.4. The Hall–Kier alpha value is -0.610. The topological polar surface area (TPSA) is 55.6 Å². The molecule has 1 amide bonds. The predicted octanol–water partition coefficient (Wildman–Crippen LogP) is 0.997. The molecule has 0 spiro atoms. The van der Waals surface area contributed by atoms with Gasteiger partial charge in [-0.25, -0.2) is 0 Å². The molecule has 0 aromatic heterocycles. The first-order valence-corrected chi connectivity index (χ1v) is 6.70. The minimum atomic E-state index is 0.134. The molecule has 17 heavy (non-hydrogen) atoms. The Kier molecular flexibility index (Phi) is 4.05. The zero-order valence-corrected chi connectivity index (χ0v) is 10.9. The van der Waals surface area contributed by atoms with Gasteiger partial charge in [0.15, 0.2) is 0 Å². The molecule has 1 saturated carbocycles. The monoisotopic (exact) mass is 240 g/mol. The Morgan fingerprint density at radius 2 is 2.12 bits per heavy atom. The lowest BCUT2D eigenvalue weighted by molar-refractivity contribution is -0.137. The van der Waals surface area contributed by atoms with Crippen molar-refractivity contribution in [1.82, 2.24) is 4.90 Å². The van der Waals surface area contributed by atoms with Crippen LogP contribution in [0, 0.1) is 11.8 Å². The lowest BCUT2D eigenvalue weighted by Gasteiger charge is -2.35. The van der Waals surface area contributed by atoms with Crippen LogP contribution in [0.1, 0.15) is 32.6 Å². The first-order chi connectivity index (χ1) is 8.13. The van der Waals surface area contributed by atoms with E-state index in [9.17, 15) is 4.79 Å². The van der Waals surface area contributed by atoms with Gasteiger partial charge in [-0.05, 0) is 25.2 Å². The molecule has 98 valence electrons. The van der Waals surface area contributed by atoms with Gasteiger partial charge < -0.3 is 15.4 Å². The van der Waals surface area contributed by atoms with Crippen LogP contribution in [0.15, 0.2) is 0 Å². The van der Waals surface area contributed by atoms with Crippen molar-refractivity contribution in [2.75, 3.05) is 20.2 Å². The van der Waals surface area contributed by atoms with Gasteiger partial charge in [-0.3, -0.25) is 4.79 Å². The highest BCUT2D eigenvalue weighted by Crippen LogP contribution is 2.31. The Morgan fingerprint density at radius 1 is 1.35 bits per heavy atom. The van der Waals surface area contributed by atoms with Crippen LogP contribution in [0.5, 0.6) is 0 Å². The third-order valence-electron chi connectivity index (χ3n) is 4.47. The highest BCUT2D eigenvalue weighted by Gasteiger charge is 2.37. The first-order valence-electron chi connectivity index (χ1n) is 6.70. The van der Waals surface area contributed by atoms with Crippen molar-refractivity contribution in [2.45, 2.75) is 44.8 Å². The number of amides is 1. The van der Waals surface area contributed by atoms with Crippen LogP contribution < -0.4 is 5.73 Å². The van der Waals surface area contributed by atoms with Crippen LogP contribution in [-0.2, 0) is 9.53 Å². The summed E-state index contributed by atoms with van der Waals surface area (Å²) in [7, 11) is 1.72. The summed E-state index contributed by atoms with van der Waals surface area (Å²) in [5.74, 6) is 0.749. The van der Waals surface area contributed by atoms with E-state index in [4.69, 9.17) is 10.5 Å². The van der Waals surface area contributed by atoms with E-state index in [1.165, 1.54) is 0 Å². The van der Waals surface area contributed by atoms with Crippen LogP contribution in [0.2, 0.25) is 0 Å². The second-order valence-corrected chi connectivity index (χ2v) is 5.49. The second-order valence-electron chi connectivity index (χ2n) is 5.49. The Labute approximate surface area is 103 Å². The molecule has 2 aliphatic rings. The molecule has 2 fully saturated rings. The molecular formula is C13H24N2O2. The van der Waals surface area contributed by atoms with Gasteiger partial charge >= 0.3 is 0 Å². The summed E-state index contributed by atoms with van der Waals surface area (Å²) >= 11 is 0. The van der Waals surface area contributed by atoms with E-state index in [2.05, 4.69) is 6.92 Å². The van der Waals surface area contributed by atoms with Crippen LogP contribution in [0.3, 0.4) is 0 Å². The molecule has 4 unspecified atom stereocenters. The van der Waals surface area contributed by atoms with Gasteiger partial charge in [-0.1, -0.05) is 13.3 Å². The van der Waals surface area contributed by atoms with E-state index in [0.29, 0.717) is 11.8 Å². The maximum absolute atomic E-state index is 12.4. The lowest BCUT2D eigenvalue weighted by atomic mass is 9.76. The van der Waals surface area contributed by atoms with E-state index in [-0.39, 0.29) is 18.1 Å². The molecule has 4 atom stereocenters. The number of nitrogens with zero attached hydrogens (tertiary/aromatic N) is 1. The van der Waals surface area contributed by atoms with Gasteiger partial charge in [-0.15, -0.1) is 0 Å². The van der Waals surface area contributed by atoms with E-state index >= 15 is 0 Å². The highest BCUT2D eigenvalue weighted by molar-refractivity contribution is 5.79. The molecule has 2 rings (SSSR count). The molecule has 2 N–H and O–H groups in total. The largest absolute Gasteiger partial charge is 0.380 e. The first kappa shape index (κ1) is 12.8. The third-order valence-corrected chi connectivity index (χ3v) is 4.47. The standard InChI is InChI=1S/C13H24N2O2/c1-9-11(4-3-5-12(9)14)13(16)15-7-6-10(8-15)17-2/h9-12H,3-8,14H2,1-2H3. The second kappa shape index (κ2) is 5.36. The van der Waals surface area contributed by atoms with Gasteiger partial charge in [0.25, 0.3) is 0 Å². The minimum Gasteiger partial charge on any atom is -0.380 e. The van der Waals surface area contributed by atoms with Crippen LogP contribution >= 0.6 is 0 Å². The number of carbonyl (C=O) groups is 1. The number of rotatable bonds is 2. The fraction of sp³-hybridized carbons (Fsp3) is 0.923. The molecule has 1 aliphatic carbocycles. The van der Waals surface area contributed by atoms with Crippen molar-refractivity contribution in [2.24, 2.45) is 17.6 Å². The van der Waals surface area contributed by atoms with Crippen molar-refractivity contribution in [1.29, 1.82) is 0 Å². The molecule has 0 bridgehead atoms. The van der Waals surface area contributed by atoms with Gasteiger partial charge in [-0.2, -0.15) is 0 Å². The van der Waals surface area contributed by atoms with Crippen LogP contribution in [0.25, 0.3) is 0 Å². The summed E-state index contributed by atoms with van der Waals surface area (Å²) in [5, 5.41) is 0. The molecule has 0 aromatic rings. The summed E-state index contributed by atoms with van der Waals surface area (Å²) in [6.07, 6.45) is 4.35. The fourth-order valence-electron chi connectivity index (χ4n) is 3.10. The zero-order chi connectivity index (χ0) is 12.4. The summed E-state index contributed by atoms with van der Waals surface area (Å²) in [6, 6.07) is 0.193. The predicted molar refractivity (Wildman–Crippen MR) is 66.5 cm³/mol. The summed E-state index contributed by atoms with van der Waals surface area (Å²) < 4.78 is 5.31. The number of methoxy groups -OCH3 is 1. The summed E-state index contributed by atoms with van der Waals surface area (Å²) in [4.78, 5) is 14.4. The molecule has 1 aliphatic heterocycles. The number of hydrogen-bond donors (Lipinski definition) is 1. The molecular weight excluding hydrogens is 216 g/mol. The van der Waals surface area contributed by atoms with Crippen molar-refractivity contribution < 1.29 is 9.53 Å². The van der Waals surface area contributed by atoms with Crippen molar-refractivity contribution in [3.8, 4) is 0 Å². The average molecular weight is 240 g/mol. The number of carbonyl (C=O) groups excluding carboxylic acids is 1. The normalized spacial score (nSPS) is 38.4. The van der Waals surface area contributed by atoms with Crippen molar-refractivity contribution in [3.63, 3.8) is 0 Å². The minimum absolute atomic E-state index is 0.134. The molecule has 0 radical (unpaired) electrons. The molecule has 1 saturated heterocycles. The number of hydrogen-bond acceptors (Lipinski definition) is 3. The van der Waals surface area contributed by atoms with Gasteiger partial charge in [0.1, 0.15) is 0 Å². The maximum Gasteiger partial charge on any atom is 0.226 e. The molecule has 0 aromatic carbocycles. The Morgan fingerprint density at radius 3 is 2.76 bits per heavy atom. The summed E-state index contributed by atoms with van der Waals surface area (Å²) in [6.45, 7) is 3.72. The van der Waals surface area contributed by atoms with E-state index in [1.54, 1.807) is 7.11 Å². The number of nitrogens with two attached hydrogens (primary N) is 1. The SMILES string of the molecule is COC1CCN(C(=O)C2CCCC(N)C2C)C1. The van der Waals surface area contributed by atoms with E-state index in [0.717, 1.165) is 38.8 Å². The van der Waals surface area contributed by atoms with E-state index < -0.39 is 0 Å². The average Bonchev–Trinajstić information content (AvgIpc) is 2.80. The van der Waals surface area contributed by atoms with Gasteiger partial charge in [0.05, 0.1) is 6.10 Å². The fourth-order valence-corrected chi connectivity index (χ4v) is 3.10. The van der Waals surface area contributed by atoms with E-state index in [1.807, 2.05) is 4.90 Å². The third kappa shape index (κ3) is 2.63. The number of likely N-dealkylation sites (tertiary alicyclic amines) is 1. The Balaban J connectivity index is 1.95. The molecule has 4 heteroatoms. The van der Waals surface area contributed by atoms with Gasteiger partial charge in [0.2, 0.25) is 5.91 Å². The molecule has 4 nitrogen and oxygen atoms in total. The van der Waals surface area contributed by atoms with Crippen molar-refractivity contribution in [3.05, 3.63) is 0 Å². The smallest absolute Gasteiger partial charge is 0.226 e. The quantitative estimate of drug-likeness (QED) is 0.783. The Bertz CT molecular complexity index is 283. The summed E-state index contributed by atoms with van der Waals surface area (Å²) in [5.41, 5.74) is 6.06. The zero-order valence-electron chi connectivity index (χ0n) is 10.9. The van der Waals surface area contributed by atoms with Crippen molar-refractivity contribution >= 4 is 5.91 Å². The van der Waals surface area contributed by atoms with Crippen LogP contribution in [-0.4, -0.2) is 43.2 Å². The van der Waals surface area contributed by atoms with Crippen LogP contribution in [0.4, 0.5) is 0 Å². The highest BCUT2D eigenvalue weighted by atomic mass is 16.5. The lowest BCUT2D eigenvalue weighted by Crippen LogP contribution is -2.45. The molecule has 1 heterocycles. The number of ether oxygens (including phenoxy) is 1. The van der Waals surface area contributed by atoms with Gasteiger partial charge in [0, 0.05) is 32.2 Å².